The Balaban J connectivity index is 1.68. The van der Waals surface area contributed by atoms with Crippen LogP contribution in [-0.4, -0.2) is 20.9 Å². The van der Waals surface area contributed by atoms with Crippen molar-refractivity contribution >= 4 is 28.1 Å². The Labute approximate surface area is 130 Å². The molecule has 6 heteroatoms. The number of hydrogen-bond donors (Lipinski definition) is 2. The van der Waals surface area contributed by atoms with Crippen LogP contribution in [0.25, 0.3) is 0 Å². The van der Waals surface area contributed by atoms with Gasteiger partial charge in [-0.2, -0.15) is 10.6 Å². The van der Waals surface area contributed by atoms with Gasteiger partial charge in [0.25, 0.3) is 0 Å². The molecule has 1 saturated heterocycles. The molecule has 1 saturated carbocycles. The van der Waals surface area contributed by atoms with Crippen molar-refractivity contribution in [3.63, 3.8) is 0 Å². The quantitative estimate of drug-likeness (QED) is 0.779. The van der Waals surface area contributed by atoms with E-state index in [1.807, 2.05) is 6.07 Å². The maximum Gasteiger partial charge on any atom is 0.237 e. The van der Waals surface area contributed by atoms with E-state index in [-0.39, 0.29) is 35.2 Å². The Morgan fingerprint density at radius 1 is 0.955 bits per heavy atom. The summed E-state index contributed by atoms with van der Waals surface area (Å²) in [6.45, 7) is 0. The van der Waals surface area contributed by atoms with E-state index in [9.17, 15) is 18.7 Å². The minimum atomic E-state index is -2.58. The Bertz CT molecular complexity index is 648. The van der Waals surface area contributed by atoms with Crippen molar-refractivity contribution in [1.82, 2.24) is 0 Å². The molecular weight excluding hydrogens is 302 g/mol. The molecule has 0 spiro atoms. The highest BCUT2D eigenvalue weighted by Gasteiger charge is 2.48. The van der Waals surface area contributed by atoms with Crippen molar-refractivity contribution in [3.8, 4) is 0 Å². The van der Waals surface area contributed by atoms with Crippen LogP contribution in [0, 0.1) is 11.8 Å². The molecule has 2 unspecified atom stereocenters. The molecule has 2 atom stereocenters. The number of amides is 2. The fourth-order valence-corrected chi connectivity index (χ4v) is 5.64. The summed E-state index contributed by atoms with van der Waals surface area (Å²) >= 11 is 0. The zero-order chi connectivity index (χ0) is 15.5. The first-order valence-electron chi connectivity index (χ1n) is 7.69. The van der Waals surface area contributed by atoms with Crippen LogP contribution in [0.4, 0.5) is 5.69 Å². The molecule has 2 fully saturated rings. The van der Waals surface area contributed by atoms with Gasteiger partial charge >= 0.3 is 0 Å². The maximum atomic E-state index is 12.6. The first-order valence-corrected chi connectivity index (χ1v) is 9.58. The van der Waals surface area contributed by atoms with Gasteiger partial charge in [0.05, 0.1) is 29.0 Å². The van der Waals surface area contributed by atoms with E-state index in [1.165, 1.54) is 4.90 Å². The second kappa shape index (κ2) is 4.81. The molecular formula is C16H19NO4S. The first-order chi connectivity index (χ1) is 10.5. The standard InChI is InChI=1S/C16H19NO4S/c18-15-13-3-1-2-4-14(13)16(19)17(15)12-6-5-10-8-22(20,21)9-11(10)7-12/h5-7,13-14,20-21H,1-4,8-9H2. The van der Waals surface area contributed by atoms with Gasteiger partial charge in [0.1, 0.15) is 0 Å². The number of hydrogen-bond acceptors (Lipinski definition) is 4. The Hall–Kier alpha value is -1.37. The minimum Gasteiger partial charge on any atom is -0.299 e. The minimum absolute atomic E-state index is 0.0840. The number of carbonyl (C=O) groups excluding carboxylic acids is 2. The van der Waals surface area contributed by atoms with Crippen LogP contribution in [-0.2, 0) is 21.1 Å². The number of benzene rings is 1. The van der Waals surface area contributed by atoms with Gasteiger partial charge in [0.15, 0.2) is 0 Å². The van der Waals surface area contributed by atoms with Crippen molar-refractivity contribution in [2.75, 3.05) is 4.90 Å². The molecule has 0 bridgehead atoms. The number of rotatable bonds is 1. The van der Waals surface area contributed by atoms with Gasteiger partial charge in [-0.1, -0.05) is 18.9 Å². The van der Waals surface area contributed by atoms with Gasteiger partial charge in [-0.25, -0.2) is 0 Å². The summed E-state index contributed by atoms with van der Waals surface area (Å²) in [5.74, 6) is 0.0120. The van der Waals surface area contributed by atoms with Gasteiger partial charge in [-0.15, -0.1) is 0 Å². The third-order valence-electron chi connectivity index (χ3n) is 5.06. The molecule has 22 heavy (non-hydrogen) atoms. The zero-order valence-electron chi connectivity index (χ0n) is 12.2. The van der Waals surface area contributed by atoms with E-state index in [1.54, 1.807) is 12.1 Å². The average molecular weight is 321 g/mol. The van der Waals surface area contributed by atoms with Crippen molar-refractivity contribution in [2.45, 2.75) is 37.2 Å². The Kier molecular flexibility index (Phi) is 3.11. The lowest BCUT2D eigenvalue weighted by Crippen LogP contribution is -2.30. The Morgan fingerprint density at radius 2 is 1.55 bits per heavy atom. The predicted molar refractivity (Wildman–Crippen MR) is 84.6 cm³/mol. The second-order valence-corrected chi connectivity index (χ2v) is 8.73. The number of fused-ring (bicyclic) bond motifs is 2. The lowest BCUT2D eigenvalue weighted by Gasteiger charge is -2.25. The largest absolute Gasteiger partial charge is 0.299 e. The van der Waals surface area contributed by atoms with Gasteiger partial charge in [-0.05, 0) is 36.1 Å². The molecule has 2 aliphatic heterocycles. The molecule has 1 aliphatic carbocycles. The van der Waals surface area contributed by atoms with E-state index in [0.29, 0.717) is 5.69 Å². The third-order valence-corrected chi connectivity index (χ3v) is 6.61. The van der Waals surface area contributed by atoms with E-state index in [0.717, 1.165) is 36.8 Å². The highest BCUT2D eigenvalue weighted by Crippen LogP contribution is 2.53. The van der Waals surface area contributed by atoms with Crippen LogP contribution >= 0.6 is 10.6 Å². The summed E-state index contributed by atoms with van der Waals surface area (Å²) in [6.07, 6.45) is 3.63. The molecule has 2 N–H and O–H groups in total. The van der Waals surface area contributed by atoms with Crippen LogP contribution in [0.3, 0.4) is 0 Å². The number of imide groups is 1. The van der Waals surface area contributed by atoms with Crippen molar-refractivity contribution in [2.24, 2.45) is 11.8 Å². The summed E-state index contributed by atoms with van der Waals surface area (Å²) in [4.78, 5) is 26.5. The molecule has 0 aromatic heterocycles. The van der Waals surface area contributed by atoms with Crippen LogP contribution in [0.15, 0.2) is 18.2 Å². The van der Waals surface area contributed by atoms with Crippen LogP contribution in [0.2, 0.25) is 0 Å². The number of nitrogens with zero attached hydrogens (tertiary/aromatic N) is 1. The van der Waals surface area contributed by atoms with Gasteiger partial charge in [0, 0.05) is 0 Å². The lowest BCUT2D eigenvalue weighted by molar-refractivity contribution is -0.122. The molecule has 0 radical (unpaired) electrons. The summed E-state index contributed by atoms with van der Waals surface area (Å²) in [7, 11) is -2.58. The maximum absolute atomic E-state index is 12.6. The topological polar surface area (TPSA) is 77.8 Å². The van der Waals surface area contributed by atoms with E-state index < -0.39 is 10.6 Å². The van der Waals surface area contributed by atoms with E-state index >= 15 is 0 Å². The normalized spacial score (nSPS) is 31.1. The molecule has 1 aromatic carbocycles. The first kappa shape index (κ1) is 14.2. The monoisotopic (exact) mass is 321 g/mol. The van der Waals surface area contributed by atoms with E-state index in [4.69, 9.17) is 0 Å². The van der Waals surface area contributed by atoms with Crippen LogP contribution in [0.1, 0.15) is 36.8 Å². The third kappa shape index (κ3) is 2.09. The summed E-state index contributed by atoms with van der Waals surface area (Å²) < 4.78 is 19.7. The van der Waals surface area contributed by atoms with Gasteiger partial charge in [0.2, 0.25) is 11.8 Å². The smallest absolute Gasteiger partial charge is 0.237 e. The number of carbonyl (C=O) groups is 2. The highest BCUT2D eigenvalue weighted by atomic mass is 32.3. The summed E-state index contributed by atoms with van der Waals surface area (Å²) in [5.41, 5.74) is 2.33. The van der Waals surface area contributed by atoms with Gasteiger partial charge in [-0.3, -0.25) is 23.6 Å². The second-order valence-electron chi connectivity index (χ2n) is 6.55. The van der Waals surface area contributed by atoms with Crippen molar-refractivity contribution in [3.05, 3.63) is 29.3 Å². The molecule has 5 nitrogen and oxygen atoms in total. The molecule has 2 amide bonds. The molecule has 1 aromatic rings. The van der Waals surface area contributed by atoms with Gasteiger partial charge < -0.3 is 0 Å². The lowest BCUT2D eigenvalue weighted by atomic mass is 9.81. The molecule has 3 aliphatic rings. The Morgan fingerprint density at radius 3 is 2.18 bits per heavy atom. The highest BCUT2D eigenvalue weighted by molar-refractivity contribution is 8.23. The predicted octanol–water partition coefficient (Wildman–Crippen LogP) is 3.13. The van der Waals surface area contributed by atoms with Crippen LogP contribution in [0.5, 0.6) is 0 Å². The summed E-state index contributed by atoms with van der Waals surface area (Å²) in [6, 6.07) is 5.35. The molecule has 118 valence electrons. The zero-order valence-corrected chi connectivity index (χ0v) is 13.0. The SMILES string of the molecule is O=C1C2CCCCC2C(=O)N1c1ccc2c(c1)CS(O)(O)C2. The molecule has 4 rings (SSSR count). The molecule has 2 heterocycles. The fourth-order valence-electron chi connectivity index (χ4n) is 3.99. The van der Waals surface area contributed by atoms with Crippen molar-refractivity contribution in [1.29, 1.82) is 0 Å². The van der Waals surface area contributed by atoms with Crippen molar-refractivity contribution < 1.29 is 18.7 Å². The van der Waals surface area contributed by atoms with Crippen LogP contribution < -0.4 is 4.90 Å². The average Bonchev–Trinajstić information content (AvgIpc) is 2.92. The fraction of sp³-hybridized carbons (Fsp3) is 0.500. The summed E-state index contributed by atoms with van der Waals surface area (Å²) in [5, 5.41) is 0. The number of anilines is 1. The van der Waals surface area contributed by atoms with E-state index in [2.05, 4.69) is 0 Å².